The van der Waals surface area contributed by atoms with Crippen molar-refractivity contribution in [3.63, 3.8) is 0 Å². The van der Waals surface area contributed by atoms with Gasteiger partial charge in [-0.3, -0.25) is 4.90 Å². The molecule has 2 heterocycles. The minimum Gasteiger partial charge on any atom is -0.493 e. The molecule has 8 nitrogen and oxygen atoms in total. The molecule has 28 heavy (non-hydrogen) atoms. The van der Waals surface area contributed by atoms with E-state index in [0.717, 1.165) is 35.2 Å². The molecule has 0 N–H and O–H groups in total. The number of aromatic nitrogens is 2. The van der Waals surface area contributed by atoms with Gasteiger partial charge < -0.3 is 19.1 Å². The molecule has 1 aromatic carbocycles. The van der Waals surface area contributed by atoms with Crippen molar-refractivity contribution in [2.75, 3.05) is 39.9 Å². The molecule has 1 fully saturated rings. The van der Waals surface area contributed by atoms with Gasteiger partial charge in [-0.1, -0.05) is 17.4 Å². The number of benzene rings is 1. The Kier molecular flexibility index (Phi) is 7.05. The van der Waals surface area contributed by atoms with Crippen LogP contribution in [0.1, 0.15) is 22.5 Å². The van der Waals surface area contributed by atoms with Crippen LogP contribution in [-0.4, -0.2) is 66.0 Å². The van der Waals surface area contributed by atoms with Crippen molar-refractivity contribution in [3.05, 3.63) is 33.8 Å². The summed E-state index contributed by atoms with van der Waals surface area (Å²) in [5, 5.41) is 9.85. The van der Waals surface area contributed by atoms with Crippen LogP contribution >= 0.6 is 11.3 Å². The fourth-order valence-electron chi connectivity index (χ4n) is 3.03. The molecule has 0 bridgehead atoms. The predicted molar refractivity (Wildman–Crippen MR) is 106 cm³/mol. The summed E-state index contributed by atoms with van der Waals surface area (Å²) < 4.78 is 16.4. The van der Waals surface area contributed by atoms with Gasteiger partial charge in [0.15, 0.2) is 16.5 Å². The van der Waals surface area contributed by atoms with Gasteiger partial charge in [-0.05, 0) is 31.5 Å². The molecule has 0 saturated carbocycles. The van der Waals surface area contributed by atoms with Gasteiger partial charge in [-0.25, -0.2) is 4.79 Å². The lowest BCUT2D eigenvalue weighted by Gasteiger charge is -2.34. The summed E-state index contributed by atoms with van der Waals surface area (Å²) in [7, 11) is 1.63. The summed E-state index contributed by atoms with van der Waals surface area (Å²) in [4.78, 5) is 15.9. The summed E-state index contributed by atoms with van der Waals surface area (Å²) in [5.74, 6) is 1.38. The Hall–Kier alpha value is -2.39. The number of rotatable bonds is 7. The van der Waals surface area contributed by atoms with Crippen molar-refractivity contribution in [1.29, 1.82) is 0 Å². The largest absolute Gasteiger partial charge is 0.493 e. The summed E-state index contributed by atoms with van der Waals surface area (Å²) in [5.41, 5.74) is 1.13. The Bertz CT molecular complexity index is 790. The predicted octanol–water partition coefficient (Wildman–Crippen LogP) is 2.71. The number of aryl methyl sites for hydroxylation is 1. The minimum absolute atomic E-state index is 0.228. The molecule has 0 atom stereocenters. The topological polar surface area (TPSA) is 77.0 Å². The van der Waals surface area contributed by atoms with E-state index in [1.54, 1.807) is 12.0 Å². The van der Waals surface area contributed by atoms with Gasteiger partial charge in [0.25, 0.3) is 0 Å². The Morgan fingerprint density at radius 1 is 1.18 bits per heavy atom. The fourth-order valence-corrected chi connectivity index (χ4v) is 3.65. The third-order valence-electron chi connectivity index (χ3n) is 4.45. The number of ether oxygens (including phenoxy) is 3. The SMILES string of the molecule is CCOC(=O)N1CCN(Cc2ccc(OC)c(OCc3nnc(C)s3)c2)CC1. The second-order valence-electron chi connectivity index (χ2n) is 6.45. The van der Waals surface area contributed by atoms with Crippen LogP contribution in [0.3, 0.4) is 0 Å². The number of carbonyl (C=O) groups excluding carboxylic acids is 1. The highest BCUT2D eigenvalue weighted by Crippen LogP contribution is 2.29. The van der Waals surface area contributed by atoms with Gasteiger partial charge in [0.1, 0.15) is 11.6 Å². The third kappa shape index (κ3) is 5.32. The molecule has 152 valence electrons. The zero-order valence-electron chi connectivity index (χ0n) is 16.5. The zero-order valence-corrected chi connectivity index (χ0v) is 17.3. The lowest BCUT2D eigenvalue weighted by atomic mass is 10.1. The van der Waals surface area contributed by atoms with Gasteiger partial charge in [0.2, 0.25) is 0 Å². The average Bonchev–Trinajstić information content (AvgIpc) is 3.12. The fraction of sp³-hybridized carbons (Fsp3) is 0.526. The quantitative estimate of drug-likeness (QED) is 0.700. The van der Waals surface area contributed by atoms with Crippen LogP contribution < -0.4 is 9.47 Å². The number of nitrogens with zero attached hydrogens (tertiary/aromatic N) is 4. The first kappa shape index (κ1) is 20.3. The summed E-state index contributed by atoms with van der Waals surface area (Å²) in [6.45, 7) is 8.27. The maximum Gasteiger partial charge on any atom is 0.409 e. The molecule has 0 aliphatic carbocycles. The van der Waals surface area contributed by atoms with Crippen LogP contribution in [0.4, 0.5) is 4.79 Å². The summed E-state index contributed by atoms with van der Waals surface area (Å²) >= 11 is 1.52. The Morgan fingerprint density at radius 3 is 2.61 bits per heavy atom. The standard InChI is InChI=1S/C19H26N4O4S/c1-4-26-19(24)23-9-7-22(8-10-23)12-15-5-6-16(25-3)17(11-15)27-13-18-21-20-14(2)28-18/h5-6,11H,4,7-10,12-13H2,1-3H3. The molecule has 0 unspecified atom stereocenters. The number of amides is 1. The molecule has 1 aliphatic rings. The Morgan fingerprint density at radius 2 is 1.96 bits per heavy atom. The van der Waals surface area contributed by atoms with Crippen LogP contribution in [-0.2, 0) is 17.9 Å². The van der Waals surface area contributed by atoms with Crippen LogP contribution in [0.2, 0.25) is 0 Å². The van der Waals surface area contributed by atoms with E-state index in [9.17, 15) is 4.79 Å². The average molecular weight is 407 g/mol. The zero-order chi connectivity index (χ0) is 19.9. The molecule has 0 spiro atoms. The molecule has 9 heteroatoms. The van der Waals surface area contributed by atoms with E-state index in [2.05, 4.69) is 15.1 Å². The van der Waals surface area contributed by atoms with Crippen LogP contribution in [0, 0.1) is 6.92 Å². The normalized spacial score (nSPS) is 14.8. The van der Waals surface area contributed by atoms with Crippen LogP contribution in [0.15, 0.2) is 18.2 Å². The van der Waals surface area contributed by atoms with Gasteiger partial charge in [-0.2, -0.15) is 0 Å². The molecule has 3 rings (SSSR count). The second kappa shape index (κ2) is 9.70. The van der Waals surface area contributed by atoms with Crippen molar-refractivity contribution >= 4 is 17.4 Å². The molecular formula is C19H26N4O4S. The maximum atomic E-state index is 11.8. The molecule has 1 amide bonds. The van der Waals surface area contributed by atoms with E-state index in [1.165, 1.54) is 11.3 Å². The van der Waals surface area contributed by atoms with E-state index in [4.69, 9.17) is 14.2 Å². The molecular weight excluding hydrogens is 380 g/mol. The Labute approximate surface area is 169 Å². The van der Waals surface area contributed by atoms with E-state index in [1.807, 2.05) is 32.0 Å². The van der Waals surface area contributed by atoms with Gasteiger partial charge in [-0.15, -0.1) is 10.2 Å². The Balaban J connectivity index is 1.58. The second-order valence-corrected chi connectivity index (χ2v) is 7.72. The molecule has 0 radical (unpaired) electrons. The highest BCUT2D eigenvalue weighted by Gasteiger charge is 2.22. The summed E-state index contributed by atoms with van der Waals surface area (Å²) in [6, 6.07) is 5.97. The molecule has 1 aromatic heterocycles. The molecule has 2 aromatic rings. The van der Waals surface area contributed by atoms with Gasteiger partial charge in [0, 0.05) is 32.7 Å². The number of hydrogen-bond acceptors (Lipinski definition) is 8. The van der Waals surface area contributed by atoms with E-state index in [-0.39, 0.29) is 6.09 Å². The van der Waals surface area contributed by atoms with Crippen LogP contribution in [0.5, 0.6) is 11.5 Å². The van der Waals surface area contributed by atoms with Crippen LogP contribution in [0.25, 0.3) is 0 Å². The number of piperazine rings is 1. The number of carbonyl (C=O) groups is 1. The van der Waals surface area contributed by atoms with E-state index >= 15 is 0 Å². The highest BCUT2D eigenvalue weighted by molar-refractivity contribution is 7.11. The lowest BCUT2D eigenvalue weighted by Crippen LogP contribution is -2.48. The van der Waals surface area contributed by atoms with Gasteiger partial charge in [0.05, 0.1) is 13.7 Å². The van der Waals surface area contributed by atoms with Crippen molar-refractivity contribution in [2.24, 2.45) is 0 Å². The lowest BCUT2D eigenvalue weighted by molar-refractivity contribution is 0.0778. The summed E-state index contributed by atoms with van der Waals surface area (Å²) in [6.07, 6.45) is -0.228. The van der Waals surface area contributed by atoms with Gasteiger partial charge >= 0.3 is 6.09 Å². The monoisotopic (exact) mass is 406 g/mol. The smallest absolute Gasteiger partial charge is 0.409 e. The van der Waals surface area contributed by atoms with Crippen molar-refractivity contribution in [3.8, 4) is 11.5 Å². The maximum absolute atomic E-state index is 11.8. The molecule has 1 aliphatic heterocycles. The van der Waals surface area contributed by atoms with Crippen molar-refractivity contribution < 1.29 is 19.0 Å². The minimum atomic E-state index is -0.228. The number of hydrogen-bond donors (Lipinski definition) is 0. The van der Waals surface area contributed by atoms with E-state index < -0.39 is 0 Å². The van der Waals surface area contributed by atoms with Crippen molar-refractivity contribution in [1.82, 2.24) is 20.0 Å². The first-order valence-electron chi connectivity index (χ1n) is 9.31. The third-order valence-corrected chi connectivity index (χ3v) is 5.26. The number of methoxy groups -OCH3 is 1. The first-order chi connectivity index (χ1) is 13.6. The first-order valence-corrected chi connectivity index (χ1v) is 10.1. The highest BCUT2D eigenvalue weighted by atomic mass is 32.1. The molecule has 1 saturated heterocycles. The van der Waals surface area contributed by atoms with E-state index in [0.29, 0.717) is 37.8 Å². The van der Waals surface area contributed by atoms with Crippen molar-refractivity contribution in [2.45, 2.75) is 27.0 Å².